The van der Waals surface area contributed by atoms with Crippen LogP contribution in [0.1, 0.15) is 46.5 Å². The van der Waals surface area contributed by atoms with Gasteiger partial charge >= 0.3 is 0 Å². The second-order valence-electron chi connectivity index (χ2n) is 6.60. The van der Waals surface area contributed by atoms with Crippen LogP contribution in [0.3, 0.4) is 0 Å². The lowest BCUT2D eigenvalue weighted by Gasteiger charge is -2.38. The normalized spacial score (nSPS) is 46.6. The Labute approximate surface area is 91.9 Å². The van der Waals surface area contributed by atoms with E-state index in [1.165, 1.54) is 24.8 Å². The van der Waals surface area contributed by atoms with Gasteiger partial charge in [0.15, 0.2) is 5.78 Å². The van der Waals surface area contributed by atoms with Crippen LogP contribution in [0.25, 0.3) is 0 Å². The van der Waals surface area contributed by atoms with Crippen LogP contribution in [0.15, 0.2) is 11.6 Å². The quantitative estimate of drug-likeness (QED) is 0.591. The molecule has 1 nitrogen and oxygen atoms in total. The summed E-state index contributed by atoms with van der Waals surface area (Å²) in [5.41, 5.74) is 2.23. The van der Waals surface area contributed by atoms with E-state index in [4.69, 9.17) is 0 Å². The van der Waals surface area contributed by atoms with E-state index < -0.39 is 0 Å². The second-order valence-corrected chi connectivity index (χ2v) is 6.60. The van der Waals surface area contributed by atoms with E-state index in [0.717, 1.165) is 6.42 Å². The second kappa shape index (κ2) is 2.56. The van der Waals surface area contributed by atoms with Crippen LogP contribution in [0.2, 0.25) is 0 Å². The molecule has 1 heteroatoms. The van der Waals surface area contributed by atoms with Crippen molar-refractivity contribution in [1.29, 1.82) is 0 Å². The summed E-state index contributed by atoms with van der Waals surface area (Å²) in [6, 6.07) is 0. The number of hydrogen-bond acceptors (Lipinski definition) is 1. The van der Waals surface area contributed by atoms with Gasteiger partial charge in [-0.1, -0.05) is 26.3 Å². The first-order valence-corrected chi connectivity index (χ1v) is 6.21. The molecule has 3 atom stereocenters. The van der Waals surface area contributed by atoms with Gasteiger partial charge in [0.1, 0.15) is 0 Å². The molecule has 0 saturated heterocycles. The number of ketones is 1. The molecule has 15 heavy (non-hydrogen) atoms. The number of rotatable bonds is 0. The fourth-order valence-corrected chi connectivity index (χ4v) is 4.62. The van der Waals surface area contributed by atoms with E-state index in [2.05, 4.69) is 20.8 Å². The van der Waals surface area contributed by atoms with Gasteiger partial charge in [-0.15, -0.1) is 0 Å². The standard InChI is InChI=1S/C14H20O/c1-9-4-5-11-12-6-10(15)7-14(9,12)8-13(11,2)3/h6,9,11H,4-5,7-8H2,1-3H3/t9-,11-,14+/m1/s1. The summed E-state index contributed by atoms with van der Waals surface area (Å²) in [7, 11) is 0. The van der Waals surface area contributed by atoms with Gasteiger partial charge in [0.05, 0.1) is 0 Å². The van der Waals surface area contributed by atoms with E-state index in [1.807, 2.05) is 6.08 Å². The molecule has 0 aliphatic heterocycles. The van der Waals surface area contributed by atoms with Gasteiger partial charge in [0, 0.05) is 11.8 Å². The Balaban J connectivity index is 2.15. The zero-order valence-corrected chi connectivity index (χ0v) is 9.97. The first-order chi connectivity index (χ1) is 6.96. The summed E-state index contributed by atoms with van der Waals surface area (Å²) in [5, 5.41) is 0. The fraction of sp³-hybridized carbons (Fsp3) is 0.786. The molecule has 0 heterocycles. The van der Waals surface area contributed by atoms with Crippen LogP contribution < -0.4 is 0 Å². The molecule has 0 N–H and O–H groups in total. The van der Waals surface area contributed by atoms with E-state index in [1.54, 1.807) is 0 Å². The van der Waals surface area contributed by atoms with Gasteiger partial charge in [-0.2, -0.15) is 0 Å². The topological polar surface area (TPSA) is 17.1 Å². The summed E-state index contributed by atoms with van der Waals surface area (Å²) in [4.78, 5) is 11.7. The molecule has 0 spiro atoms. The molecule has 3 aliphatic rings. The van der Waals surface area contributed by atoms with Gasteiger partial charge in [-0.3, -0.25) is 4.79 Å². The van der Waals surface area contributed by atoms with Crippen molar-refractivity contribution >= 4 is 5.78 Å². The zero-order chi connectivity index (χ0) is 10.8. The zero-order valence-electron chi connectivity index (χ0n) is 9.97. The van der Waals surface area contributed by atoms with E-state index in [-0.39, 0.29) is 5.41 Å². The van der Waals surface area contributed by atoms with Gasteiger partial charge < -0.3 is 0 Å². The summed E-state index contributed by atoms with van der Waals surface area (Å²) in [6.45, 7) is 7.13. The molecule has 82 valence electrons. The summed E-state index contributed by atoms with van der Waals surface area (Å²) >= 11 is 0. The van der Waals surface area contributed by atoms with Crippen molar-refractivity contribution in [2.24, 2.45) is 22.7 Å². The van der Waals surface area contributed by atoms with Crippen LogP contribution in [0.4, 0.5) is 0 Å². The van der Waals surface area contributed by atoms with Crippen LogP contribution in [-0.4, -0.2) is 5.78 Å². The molecule has 0 unspecified atom stereocenters. The lowest BCUT2D eigenvalue weighted by Crippen LogP contribution is -2.30. The monoisotopic (exact) mass is 204 g/mol. The highest BCUT2D eigenvalue weighted by atomic mass is 16.1. The van der Waals surface area contributed by atoms with Crippen molar-refractivity contribution in [1.82, 2.24) is 0 Å². The Bertz CT molecular complexity index is 364. The van der Waals surface area contributed by atoms with Gasteiger partial charge in [-0.25, -0.2) is 0 Å². The molecule has 0 aromatic carbocycles. The first-order valence-electron chi connectivity index (χ1n) is 6.21. The third kappa shape index (κ3) is 1.02. The van der Waals surface area contributed by atoms with Gasteiger partial charge in [-0.05, 0) is 42.6 Å². The average molecular weight is 204 g/mol. The minimum atomic E-state index is 0.281. The van der Waals surface area contributed by atoms with Crippen molar-refractivity contribution in [3.63, 3.8) is 0 Å². The molecular weight excluding hydrogens is 184 g/mol. The lowest BCUT2D eigenvalue weighted by molar-refractivity contribution is -0.115. The third-order valence-electron chi connectivity index (χ3n) is 5.30. The predicted octanol–water partition coefficient (Wildman–Crippen LogP) is 3.35. The van der Waals surface area contributed by atoms with Crippen molar-refractivity contribution in [3.05, 3.63) is 11.6 Å². The van der Waals surface area contributed by atoms with Crippen LogP contribution >= 0.6 is 0 Å². The molecule has 2 fully saturated rings. The Morgan fingerprint density at radius 3 is 2.73 bits per heavy atom. The average Bonchev–Trinajstić information content (AvgIpc) is 2.47. The molecule has 0 aromatic heterocycles. The summed E-state index contributed by atoms with van der Waals surface area (Å²) in [6.07, 6.45) is 6.66. The maximum Gasteiger partial charge on any atom is 0.156 e. The van der Waals surface area contributed by atoms with Crippen molar-refractivity contribution < 1.29 is 4.79 Å². The predicted molar refractivity (Wildman–Crippen MR) is 60.4 cm³/mol. The van der Waals surface area contributed by atoms with E-state index >= 15 is 0 Å². The minimum Gasteiger partial charge on any atom is -0.295 e. The lowest BCUT2D eigenvalue weighted by atomic mass is 9.66. The fourth-order valence-electron chi connectivity index (χ4n) is 4.62. The number of carbonyl (C=O) groups is 1. The molecule has 0 radical (unpaired) electrons. The highest BCUT2D eigenvalue weighted by Crippen LogP contribution is 2.68. The minimum absolute atomic E-state index is 0.281. The molecule has 0 aromatic rings. The third-order valence-corrected chi connectivity index (χ3v) is 5.30. The van der Waals surface area contributed by atoms with Gasteiger partial charge in [0.2, 0.25) is 0 Å². The van der Waals surface area contributed by atoms with Crippen molar-refractivity contribution in [2.75, 3.05) is 0 Å². The maximum absolute atomic E-state index is 11.7. The highest BCUT2D eigenvalue weighted by Gasteiger charge is 2.60. The summed E-state index contributed by atoms with van der Waals surface area (Å²) in [5.74, 6) is 1.80. The molecule has 3 aliphatic carbocycles. The SMILES string of the molecule is C[C@@H]1CC[C@@H]2C3=CC(=O)C[C@@]31CC2(C)C. The van der Waals surface area contributed by atoms with Crippen LogP contribution in [0.5, 0.6) is 0 Å². The first kappa shape index (κ1) is 9.62. The molecule has 3 rings (SSSR count). The van der Waals surface area contributed by atoms with Crippen molar-refractivity contribution in [2.45, 2.75) is 46.5 Å². The number of allylic oxidation sites excluding steroid dienone is 2. The van der Waals surface area contributed by atoms with E-state index in [9.17, 15) is 4.79 Å². The molecule has 0 amide bonds. The number of carbonyl (C=O) groups excluding carboxylic acids is 1. The van der Waals surface area contributed by atoms with Gasteiger partial charge in [0.25, 0.3) is 0 Å². The van der Waals surface area contributed by atoms with E-state index in [0.29, 0.717) is 23.0 Å². The Morgan fingerprint density at radius 1 is 1.33 bits per heavy atom. The Hall–Kier alpha value is -0.590. The largest absolute Gasteiger partial charge is 0.295 e. The maximum atomic E-state index is 11.7. The molecule has 2 saturated carbocycles. The van der Waals surface area contributed by atoms with Crippen molar-refractivity contribution in [3.8, 4) is 0 Å². The van der Waals surface area contributed by atoms with Crippen LogP contribution in [0, 0.1) is 22.7 Å². The highest BCUT2D eigenvalue weighted by molar-refractivity contribution is 5.95. The van der Waals surface area contributed by atoms with Crippen LogP contribution in [-0.2, 0) is 4.79 Å². The Morgan fingerprint density at radius 2 is 2.07 bits per heavy atom. The smallest absolute Gasteiger partial charge is 0.156 e. The molecular formula is C14H20O. The summed E-state index contributed by atoms with van der Waals surface area (Å²) < 4.78 is 0. The number of hydrogen-bond donors (Lipinski definition) is 0. The Kier molecular flexibility index (Phi) is 1.64. The molecule has 2 bridgehead atoms.